The van der Waals surface area contributed by atoms with Crippen molar-refractivity contribution >= 4 is 81.2 Å². The van der Waals surface area contributed by atoms with E-state index in [0.717, 1.165) is 72.4 Å². The van der Waals surface area contributed by atoms with E-state index in [0.29, 0.717) is 49.0 Å². The van der Waals surface area contributed by atoms with E-state index in [1.54, 1.807) is 23.7 Å². The van der Waals surface area contributed by atoms with Gasteiger partial charge in [-0.05, 0) is 24.6 Å². The van der Waals surface area contributed by atoms with Crippen molar-refractivity contribution in [3.05, 3.63) is 89.8 Å². The van der Waals surface area contributed by atoms with E-state index in [1.807, 2.05) is 29.9 Å². The van der Waals surface area contributed by atoms with Gasteiger partial charge in [0.15, 0.2) is 5.65 Å². The number of aromatic nitrogens is 7. The fraction of sp³-hybridized carbons (Fsp3) is 0.206. The van der Waals surface area contributed by atoms with Crippen LogP contribution in [0.3, 0.4) is 0 Å². The Hall–Kier alpha value is -7.53. The molecule has 1 unspecified atom stereocenters. The van der Waals surface area contributed by atoms with E-state index < -0.39 is 35.8 Å². The van der Waals surface area contributed by atoms with Gasteiger partial charge in [-0.1, -0.05) is 0 Å². The van der Waals surface area contributed by atoms with Crippen LogP contribution in [-0.2, 0) is 35.3 Å². The maximum absolute atomic E-state index is 9.55. The zero-order chi connectivity index (χ0) is 41.7. The molecule has 0 aromatic carbocycles. The number of pyridine rings is 2. The second kappa shape index (κ2) is 22.6. The number of likely N-dealkylation sites (tertiary alicyclic amines) is 1. The molecular weight excluding hydrogens is 772 g/mol. The number of thiazole rings is 1. The van der Waals surface area contributed by atoms with E-state index in [9.17, 15) is 28.8 Å². The lowest BCUT2D eigenvalue weighted by molar-refractivity contribution is -0.134. The largest absolute Gasteiger partial charge is 0.478 e. The second-order valence-corrected chi connectivity index (χ2v) is 11.9. The Labute approximate surface area is 325 Å². The van der Waals surface area contributed by atoms with Gasteiger partial charge in [-0.15, -0.1) is 11.3 Å². The van der Waals surface area contributed by atoms with E-state index in [2.05, 4.69) is 50.4 Å². The van der Waals surface area contributed by atoms with Gasteiger partial charge in [-0.2, -0.15) is 0 Å². The number of imidazole rings is 2. The fourth-order valence-electron chi connectivity index (χ4n) is 4.73. The summed E-state index contributed by atoms with van der Waals surface area (Å²) < 4.78 is 2.13. The number of aliphatic carboxylic acids is 6. The smallest absolute Gasteiger partial charge is 0.328 e. The highest BCUT2D eigenvalue weighted by Gasteiger charge is 2.24. The van der Waals surface area contributed by atoms with Crippen LogP contribution in [0.4, 0.5) is 11.9 Å². The third-order valence-corrected chi connectivity index (χ3v) is 7.66. The van der Waals surface area contributed by atoms with Gasteiger partial charge >= 0.3 is 35.8 Å². The molecule has 23 heteroatoms. The quantitative estimate of drug-likeness (QED) is 0.0724. The van der Waals surface area contributed by atoms with Crippen LogP contribution in [0.5, 0.6) is 0 Å². The van der Waals surface area contributed by atoms with E-state index in [-0.39, 0.29) is 0 Å². The number of carboxylic acids is 6. The van der Waals surface area contributed by atoms with Crippen LogP contribution >= 0.6 is 11.3 Å². The number of carbonyl (C=O) groups is 6. The number of aromatic amines is 1. The summed E-state index contributed by atoms with van der Waals surface area (Å²) in [6.45, 7) is 4.45. The zero-order valence-electron chi connectivity index (χ0n) is 29.6. The van der Waals surface area contributed by atoms with Crippen LogP contribution in [0.1, 0.15) is 12.1 Å². The van der Waals surface area contributed by atoms with Crippen molar-refractivity contribution in [3.8, 4) is 0 Å². The van der Waals surface area contributed by atoms with Crippen LogP contribution in [0, 0.1) is 0 Å². The van der Waals surface area contributed by atoms with E-state index in [4.69, 9.17) is 35.6 Å². The summed E-state index contributed by atoms with van der Waals surface area (Å²) in [6, 6.07) is 6.18. The lowest BCUT2D eigenvalue weighted by Gasteiger charge is -2.17. The molecule has 57 heavy (non-hydrogen) atoms. The summed E-state index contributed by atoms with van der Waals surface area (Å²) >= 11 is 1.60. The molecule has 0 aliphatic carbocycles. The average molecular weight is 809 g/mol. The van der Waals surface area contributed by atoms with Crippen LogP contribution in [0.2, 0.25) is 0 Å². The van der Waals surface area contributed by atoms with Gasteiger partial charge in [0.1, 0.15) is 5.52 Å². The predicted octanol–water partition coefficient (Wildman–Crippen LogP) is 1.94. The molecule has 9 N–H and O–H groups in total. The van der Waals surface area contributed by atoms with Gasteiger partial charge in [0, 0.05) is 86.5 Å². The molecule has 0 spiro atoms. The molecule has 0 bridgehead atoms. The maximum atomic E-state index is 9.55. The number of anilines is 2. The summed E-state index contributed by atoms with van der Waals surface area (Å²) in [5, 5.41) is 56.0. The first kappa shape index (κ1) is 43.9. The molecule has 1 atom stereocenters. The summed E-state index contributed by atoms with van der Waals surface area (Å²) in [6.07, 6.45) is 9.78. The van der Waals surface area contributed by atoms with Gasteiger partial charge in [0.25, 0.3) is 0 Å². The molecule has 22 nitrogen and oxygen atoms in total. The molecule has 6 heterocycles. The number of nitrogens with zero attached hydrogens (tertiary/aromatic N) is 7. The predicted molar refractivity (Wildman–Crippen MR) is 203 cm³/mol. The highest BCUT2D eigenvalue weighted by molar-refractivity contribution is 7.07. The third-order valence-electron chi connectivity index (χ3n) is 7.02. The van der Waals surface area contributed by atoms with Gasteiger partial charge in [-0.3, -0.25) is 14.5 Å². The number of rotatable bonds is 14. The molecule has 5 aromatic rings. The number of nitrogens with one attached hydrogen (secondary N) is 3. The number of fused-ring (bicyclic) bond motifs is 2. The Morgan fingerprint density at radius 1 is 0.807 bits per heavy atom. The highest BCUT2D eigenvalue weighted by Crippen LogP contribution is 2.22. The molecule has 0 saturated carbocycles. The van der Waals surface area contributed by atoms with Crippen LogP contribution in [0.25, 0.3) is 22.2 Å². The minimum atomic E-state index is -1.26. The summed E-state index contributed by atoms with van der Waals surface area (Å²) in [5.41, 5.74) is 6.53. The minimum absolute atomic E-state index is 0.341. The molecule has 1 aliphatic heterocycles. The lowest BCUT2D eigenvalue weighted by Crippen LogP contribution is -2.30. The van der Waals surface area contributed by atoms with Crippen LogP contribution in [-0.4, -0.2) is 138 Å². The summed E-state index contributed by atoms with van der Waals surface area (Å²) in [5.74, 6) is -5.90. The number of hydrogen-bond donors (Lipinski definition) is 9. The lowest BCUT2D eigenvalue weighted by atomic mass is 10.3. The summed E-state index contributed by atoms with van der Waals surface area (Å²) in [7, 11) is 0. The highest BCUT2D eigenvalue weighted by atomic mass is 32.1. The monoisotopic (exact) mass is 808 g/mol. The second-order valence-electron chi connectivity index (χ2n) is 11.2. The molecule has 6 rings (SSSR count). The molecule has 0 radical (unpaired) electrons. The van der Waals surface area contributed by atoms with Gasteiger partial charge < -0.3 is 46.3 Å². The Bertz CT molecular complexity index is 2070. The number of carboxylic acid groups (broad SMARTS) is 6. The molecule has 5 aromatic heterocycles. The third kappa shape index (κ3) is 16.6. The Morgan fingerprint density at radius 2 is 1.42 bits per heavy atom. The first-order chi connectivity index (χ1) is 27.2. The Kier molecular flexibility index (Phi) is 17.4. The van der Waals surface area contributed by atoms with Gasteiger partial charge in [-0.25, -0.2) is 48.7 Å². The van der Waals surface area contributed by atoms with Crippen molar-refractivity contribution < 1.29 is 59.4 Å². The molecule has 1 aliphatic rings. The Balaban J connectivity index is 0.000000297. The van der Waals surface area contributed by atoms with Crippen molar-refractivity contribution in [2.45, 2.75) is 19.0 Å². The Morgan fingerprint density at radius 3 is 1.96 bits per heavy atom. The van der Waals surface area contributed by atoms with Crippen molar-refractivity contribution in [2.75, 3.05) is 36.8 Å². The normalized spacial score (nSPS) is 13.6. The first-order valence-electron chi connectivity index (χ1n) is 16.3. The molecule has 1 fully saturated rings. The van der Waals surface area contributed by atoms with Crippen molar-refractivity contribution in [1.29, 1.82) is 0 Å². The fourth-order valence-corrected chi connectivity index (χ4v) is 5.28. The molecule has 300 valence electrons. The van der Waals surface area contributed by atoms with Crippen molar-refractivity contribution in [1.82, 2.24) is 39.4 Å². The standard InChI is InChI=1S/C22H24N10S.3C4H4O4/c1-2-18-20(24-5-1)32(12-16-13-33-14-26-16)22(30-18)27-15-4-8-31(11-15)9-7-25-21-28-17-3-6-23-10-19(17)29-21;3*5-3(6)1-2-4(7)8/h1-3,5-6,10,13-15H,4,7-9,11-12H2,(H,27,30)(H2,25,28,29);3*1-2H,(H,5,6)(H,7,8). The van der Waals surface area contributed by atoms with Crippen molar-refractivity contribution in [2.24, 2.45) is 0 Å². The zero-order valence-corrected chi connectivity index (χ0v) is 30.4. The molecule has 0 amide bonds. The number of H-pyrrole nitrogens is 1. The molecular formula is C34H36N10O12S. The maximum Gasteiger partial charge on any atom is 0.328 e. The van der Waals surface area contributed by atoms with E-state index in [1.165, 1.54) is 0 Å². The SMILES string of the molecule is O=C(O)C=CC(=O)O.O=C(O)C=CC(=O)O.O=C(O)C=CC(=O)O.c1cnc2c(c1)nc(NC1CCN(CCNc3nc4ccncc4[nH]3)C1)n2Cc1cscn1. The van der Waals surface area contributed by atoms with Crippen LogP contribution in [0.15, 0.2) is 84.1 Å². The topological polar surface area (TPSA) is 336 Å². The average Bonchev–Trinajstić information content (AvgIpc) is 3.98. The molecule has 1 saturated heterocycles. The summed E-state index contributed by atoms with van der Waals surface area (Å²) in [4.78, 5) is 85.5. The minimum Gasteiger partial charge on any atom is -0.478 e. The van der Waals surface area contributed by atoms with Crippen LogP contribution < -0.4 is 10.6 Å². The number of hydrogen-bond acceptors (Lipinski definition) is 15. The van der Waals surface area contributed by atoms with Crippen molar-refractivity contribution in [3.63, 3.8) is 0 Å². The van der Waals surface area contributed by atoms with E-state index >= 15 is 0 Å². The van der Waals surface area contributed by atoms with Gasteiger partial charge in [0.05, 0.1) is 35.0 Å². The van der Waals surface area contributed by atoms with Gasteiger partial charge in [0.2, 0.25) is 11.9 Å². The first-order valence-corrected chi connectivity index (χ1v) is 17.3.